The third kappa shape index (κ3) is 1.40. The number of oxime groups is 1. The number of hydrogen-bond acceptors (Lipinski definition) is 4. The van der Waals surface area contributed by atoms with Crippen molar-refractivity contribution in [2.75, 3.05) is 0 Å². The first-order valence-electron chi connectivity index (χ1n) is 2.94. The molecule has 1 aromatic carbocycles. The monoisotopic (exact) mass is 153 g/mol. The third-order valence-corrected chi connectivity index (χ3v) is 1.25. The van der Waals surface area contributed by atoms with E-state index >= 15 is 0 Å². The van der Waals surface area contributed by atoms with Crippen molar-refractivity contribution in [3.63, 3.8) is 0 Å². The van der Waals surface area contributed by atoms with Gasteiger partial charge in [-0.25, -0.2) is 0 Å². The first-order chi connectivity index (χ1) is 5.25. The van der Waals surface area contributed by atoms with Crippen LogP contribution in [0.4, 0.5) is 0 Å². The number of phenolic OH excluding ortho intramolecular Hbond substituents is 2. The highest BCUT2D eigenvalue weighted by Crippen LogP contribution is 2.23. The van der Waals surface area contributed by atoms with Gasteiger partial charge >= 0.3 is 0 Å². The molecule has 3 N–H and O–H groups in total. The highest BCUT2D eigenvalue weighted by molar-refractivity contribution is 5.86. The van der Waals surface area contributed by atoms with Gasteiger partial charge in [0.1, 0.15) is 11.5 Å². The zero-order valence-corrected chi connectivity index (χ0v) is 5.60. The maximum atomic E-state index is 9.06. The molecule has 0 fully saturated rings. The van der Waals surface area contributed by atoms with Gasteiger partial charge in [-0.05, 0) is 12.1 Å². The second kappa shape index (κ2) is 2.92. The van der Waals surface area contributed by atoms with Crippen LogP contribution >= 0.6 is 0 Å². The van der Waals surface area contributed by atoms with E-state index in [1.54, 1.807) is 0 Å². The van der Waals surface area contributed by atoms with Crippen molar-refractivity contribution >= 4 is 6.21 Å². The van der Waals surface area contributed by atoms with E-state index < -0.39 is 0 Å². The standard InChI is InChI=1S/C7H7NO3/c9-6-2-1-3-7(10)5(6)4-8-11/h1-4,9-11H. The molecule has 0 saturated carbocycles. The maximum absolute atomic E-state index is 9.06. The molecule has 11 heavy (non-hydrogen) atoms. The van der Waals surface area contributed by atoms with Crippen LogP contribution in [0.1, 0.15) is 5.56 Å². The van der Waals surface area contributed by atoms with Gasteiger partial charge in [0, 0.05) is 0 Å². The number of phenols is 2. The van der Waals surface area contributed by atoms with Crippen molar-refractivity contribution in [2.24, 2.45) is 5.16 Å². The third-order valence-electron chi connectivity index (χ3n) is 1.25. The highest BCUT2D eigenvalue weighted by atomic mass is 16.4. The van der Waals surface area contributed by atoms with Crippen LogP contribution in [-0.2, 0) is 0 Å². The molecule has 58 valence electrons. The lowest BCUT2D eigenvalue weighted by Gasteiger charge is -1.98. The topological polar surface area (TPSA) is 73.1 Å². The van der Waals surface area contributed by atoms with E-state index in [0.717, 1.165) is 6.21 Å². The smallest absolute Gasteiger partial charge is 0.128 e. The summed E-state index contributed by atoms with van der Waals surface area (Å²) in [5.74, 6) is -0.245. The number of hydrogen-bond donors (Lipinski definition) is 3. The van der Waals surface area contributed by atoms with E-state index in [2.05, 4.69) is 5.16 Å². The Labute approximate surface area is 63.0 Å². The Hall–Kier alpha value is -1.71. The molecule has 4 nitrogen and oxygen atoms in total. The maximum Gasteiger partial charge on any atom is 0.128 e. The molecule has 0 saturated heterocycles. The molecule has 0 aromatic heterocycles. The summed E-state index contributed by atoms with van der Waals surface area (Å²) in [6.07, 6.45) is 0.963. The zero-order valence-electron chi connectivity index (χ0n) is 5.60. The van der Waals surface area contributed by atoms with Crippen molar-refractivity contribution in [1.82, 2.24) is 0 Å². The van der Waals surface area contributed by atoms with Gasteiger partial charge in [-0.2, -0.15) is 0 Å². The van der Waals surface area contributed by atoms with Crippen molar-refractivity contribution in [3.8, 4) is 11.5 Å². The van der Waals surface area contributed by atoms with Crippen LogP contribution in [0.15, 0.2) is 23.4 Å². The summed E-state index contributed by atoms with van der Waals surface area (Å²) in [6, 6.07) is 4.26. The second-order valence-electron chi connectivity index (χ2n) is 1.95. The van der Waals surface area contributed by atoms with E-state index in [-0.39, 0.29) is 17.1 Å². The Morgan fingerprint density at radius 1 is 1.18 bits per heavy atom. The Morgan fingerprint density at radius 3 is 2.18 bits per heavy atom. The van der Waals surface area contributed by atoms with E-state index in [0.29, 0.717) is 0 Å². The second-order valence-corrected chi connectivity index (χ2v) is 1.95. The minimum Gasteiger partial charge on any atom is -0.507 e. The fraction of sp³-hybridized carbons (Fsp3) is 0. The highest BCUT2D eigenvalue weighted by Gasteiger charge is 2.02. The van der Waals surface area contributed by atoms with Crippen LogP contribution in [0.3, 0.4) is 0 Å². The predicted molar refractivity (Wildman–Crippen MR) is 39.2 cm³/mol. The number of aromatic hydroxyl groups is 2. The quantitative estimate of drug-likeness (QED) is 0.319. The summed E-state index contributed by atoms with van der Waals surface area (Å²) >= 11 is 0. The summed E-state index contributed by atoms with van der Waals surface area (Å²) in [6.45, 7) is 0. The molecule has 0 bridgehead atoms. The van der Waals surface area contributed by atoms with Crippen LogP contribution in [0.2, 0.25) is 0 Å². The van der Waals surface area contributed by atoms with Crippen molar-refractivity contribution in [2.45, 2.75) is 0 Å². The van der Waals surface area contributed by atoms with Gasteiger partial charge in [0.25, 0.3) is 0 Å². The minimum absolute atomic E-state index is 0.106. The Kier molecular flexibility index (Phi) is 1.96. The SMILES string of the molecule is ON=Cc1c(O)cccc1O. The Morgan fingerprint density at radius 2 is 1.73 bits per heavy atom. The van der Waals surface area contributed by atoms with Gasteiger partial charge in [-0.3, -0.25) is 0 Å². The van der Waals surface area contributed by atoms with Crippen LogP contribution < -0.4 is 0 Å². The summed E-state index contributed by atoms with van der Waals surface area (Å²) < 4.78 is 0. The molecule has 0 spiro atoms. The predicted octanol–water partition coefficient (Wildman–Crippen LogP) is 0.906. The molecule has 0 aliphatic rings. The summed E-state index contributed by atoms with van der Waals surface area (Å²) in [5, 5.41) is 28.9. The fourth-order valence-corrected chi connectivity index (χ4v) is 0.731. The van der Waals surface area contributed by atoms with Crippen LogP contribution in [0.5, 0.6) is 11.5 Å². The van der Waals surface area contributed by atoms with Gasteiger partial charge in [0.05, 0.1) is 11.8 Å². The lowest BCUT2D eigenvalue weighted by Crippen LogP contribution is -1.82. The molecule has 4 heteroatoms. The first-order valence-corrected chi connectivity index (χ1v) is 2.94. The molecule has 0 atom stereocenters. The average Bonchev–Trinajstić information content (AvgIpc) is 1.97. The van der Waals surface area contributed by atoms with Gasteiger partial charge in [-0.15, -0.1) is 0 Å². The molecule has 0 aliphatic carbocycles. The first kappa shape index (κ1) is 7.40. The average molecular weight is 153 g/mol. The largest absolute Gasteiger partial charge is 0.507 e. The van der Waals surface area contributed by atoms with Gasteiger partial charge in [0.15, 0.2) is 0 Å². The van der Waals surface area contributed by atoms with E-state index in [1.807, 2.05) is 0 Å². The molecule has 1 rings (SSSR count). The van der Waals surface area contributed by atoms with Gasteiger partial charge in [0.2, 0.25) is 0 Å². The van der Waals surface area contributed by atoms with Crippen molar-refractivity contribution in [1.29, 1.82) is 0 Å². The fourth-order valence-electron chi connectivity index (χ4n) is 0.731. The normalized spacial score (nSPS) is 10.5. The minimum atomic E-state index is -0.122. The molecule has 0 heterocycles. The Bertz CT molecular complexity index is 263. The summed E-state index contributed by atoms with van der Waals surface area (Å²) in [7, 11) is 0. The number of nitrogens with zero attached hydrogens (tertiary/aromatic N) is 1. The van der Waals surface area contributed by atoms with E-state index in [1.165, 1.54) is 18.2 Å². The van der Waals surface area contributed by atoms with Gasteiger partial charge < -0.3 is 15.4 Å². The van der Waals surface area contributed by atoms with E-state index in [9.17, 15) is 0 Å². The van der Waals surface area contributed by atoms with Gasteiger partial charge in [-0.1, -0.05) is 11.2 Å². The van der Waals surface area contributed by atoms with E-state index in [4.69, 9.17) is 15.4 Å². The van der Waals surface area contributed by atoms with Crippen molar-refractivity contribution < 1.29 is 15.4 Å². The number of rotatable bonds is 1. The van der Waals surface area contributed by atoms with Crippen molar-refractivity contribution in [3.05, 3.63) is 23.8 Å². The lowest BCUT2D eigenvalue weighted by atomic mass is 10.2. The molecular formula is C7H7NO3. The molecule has 0 radical (unpaired) electrons. The lowest BCUT2D eigenvalue weighted by molar-refractivity contribution is 0.321. The molecule has 0 unspecified atom stereocenters. The zero-order chi connectivity index (χ0) is 8.27. The summed E-state index contributed by atoms with van der Waals surface area (Å²) in [5.41, 5.74) is 0.106. The Balaban J connectivity index is 3.20. The number of benzene rings is 1. The molecular weight excluding hydrogens is 146 g/mol. The molecule has 0 amide bonds. The van der Waals surface area contributed by atoms with Crippen LogP contribution in [-0.4, -0.2) is 21.6 Å². The van der Waals surface area contributed by atoms with Crippen LogP contribution in [0, 0.1) is 0 Å². The summed E-state index contributed by atoms with van der Waals surface area (Å²) in [4.78, 5) is 0. The molecule has 1 aromatic rings. The van der Waals surface area contributed by atoms with Crippen LogP contribution in [0.25, 0.3) is 0 Å². The molecule has 0 aliphatic heterocycles.